The highest BCUT2D eigenvalue weighted by molar-refractivity contribution is 6.14. The fraction of sp³-hybridized carbons (Fsp3) is 0. The molecule has 0 amide bonds. The lowest BCUT2D eigenvalue weighted by Gasteiger charge is -2.28. The smallest absolute Gasteiger partial charge is 0.0541 e. The van der Waals surface area contributed by atoms with Crippen LogP contribution in [0.3, 0.4) is 0 Å². The van der Waals surface area contributed by atoms with Crippen LogP contribution in [0.1, 0.15) is 0 Å². The maximum atomic E-state index is 2.44. The number of benzene rings is 13. The van der Waals surface area contributed by atoms with Crippen LogP contribution in [0.4, 0.5) is 17.1 Å². The molecular formula is C72H48N2. The van der Waals surface area contributed by atoms with Crippen molar-refractivity contribution in [1.82, 2.24) is 4.57 Å². The standard InChI is InChI=1S/C72H48N2/c1-3-16-49(17-4-1)57-38-44-62-58(47-57)39-45-68-65(62)30-15-33-69(68)73(59-42-36-52(37-43-59)64-29-14-21-53-20-13-28-63(72(53)64)51-18-5-2-6-19-51)61-25-12-24-56(48-61)55-23-11-22-54(46-55)50-34-40-60(41-35-50)74-70-31-9-7-26-66(70)67-27-8-10-32-71(67)74/h1-48H. The molecule has 0 bridgehead atoms. The van der Waals surface area contributed by atoms with E-state index in [0.29, 0.717) is 0 Å². The van der Waals surface area contributed by atoms with E-state index in [-0.39, 0.29) is 0 Å². The van der Waals surface area contributed by atoms with Crippen LogP contribution in [-0.4, -0.2) is 4.57 Å². The van der Waals surface area contributed by atoms with Crippen molar-refractivity contribution in [1.29, 1.82) is 0 Å². The molecule has 0 aliphatic carbocycles. The molecule has 0 unspecified atom stereocenters. The molecule has 0 atom stereocenters. The first kappa shape index (κ1) is 43.1. The fourth-order valence-electron chi connectivity index (χ4n) is 11.5. The third-order valence-corrected chi connectivity index (χ3v) is 15.0. The Morgan fingerprint density at radius 2 is 0.730 bits per heavy atom. The average Bonchev–Trinajstić information content (AvgIpc) is 3.83. The Morgan fingerprint density at radius 1 is 0.243 bits per heavy atom. The molecule has 0 saturated heterocycles. The van der Waals surface area contributed by atoms with Crippen molar-refractivity contribution in [2.24, 2.45) is 0 Å². The Kier molecular flexibility index (Phi) is 10.6. The van der Waals surface area contributed by atoms with Crippen molar-refractivity contribution in [3.8, 4) is 61.3 Å². The van der Waals surface area contributed by atoms with Crippen LogP contribution >= 0.6 is 0 Å². The van der Waals surface area contributed by atoms with E-state index in [1.165, 1.54) is 98.6 Å². The summed E-state index contributed by atoms with van der Waals surface area (Å²) in [6.07, 6.45) is 0. The summed E-state index contributed by atoms with van der Waals surface area (Å²) in [6, 6.07) is 106. The summed E-state index contributed by atoms with van der Waals surface area (Å²) in [5.74, 6) is 0. The van der Waals surface area contributed by atoms with E-state index < -0.39 is 0 Å². The highest BCUT2D eigenvalue weighted by Crippen LogP contribution is 2.44. The predicted octanol–water partition coefficient (Wildman–Crippen LogP) is 20.0. The van der Waals surface area contributed by atoms with Crippen molar-refractivity contribution in [2.75, 3.05) is 4.90 Å². The molecule has 0 aliphatic heterocycles. The van der Waals surface area contributed by atoms with Gasteiger partial charge in [-0.3, -0.25) is 0 Å². The molecule has 0 aliphatic rings. The van der Waals surface area contributed by atoms with Crippen LogP contribution in [-0.2, 0) is 0 Å². The summed E-state index contributed by atoms with van der Waals surface area (Å²) in [7, 11) is 0. The van der Waals surface area contributed by atoms with Gasteiger partial charge in [0, 0.05) is 33.2 Å². The third-order valence-electron chi connectivity index (χ3n) is 15.0. The number of aromatic nitrogens is 1. The quantitative estimate of drug-likeness (QED) is 0.131. The fourth-order valence-corrected chi connectivity index (χ4v) is 11.5. The lowest BCUT2D eigenvalue weighted by atomic mass is 9.91. The average molecular weight is 941 g/mol. The highest BCUT2D eigenvalue weighted by atomic mass is 15.1. The van der Waals surface area contributed by atoms with E-state index in [1.807, 2.05) is 0 Å². The number of nitrogens with zero attached hydrogens (tertiary/aromatic N) is 2. The van der Waals surface area contributed by atoms with Gasteiger partial charge in [-0.25, -0.2) is 0 Å². The van der Waals surface area contributed by atoms with E-state index in [0.717, 1.165) is 33.9 Å². The Labute approximate surface area is 430 Å². The Morgan fingerprint density at radius 3 is 1.43 bits per heavy atom. The summed E-state index contributed by atoms with van der Waals surface area (Å²) in [5.41, 5.74) is 18.8. The van der Waals surface area contributed by atoms with Crippen molar-refractivity contribution < 1.29 is 0 Å². The van der Waals surface area contributed by atoms with Gasteiger partial charge in [-0.1, -0.05) is 224 Å². The van der Waals surface area contributed by atoms with Gasteiger partial charge in [0.25, 0.3) is 0 Å². The molecule has 0 fully saturated rings. The summed E-state index contributed by atoms with van der Waals surface area (Å²) in [4.78, 5) is 2.44. The molecule has 0 radical (unpaired) electrons. The number of hydrogen-bond donors (Lipinski definition) is 0. The van der Waals surface area contributed by atoms with Gasteiger partial charge in [-0.15, -0.1) is 0 Å². The van der Waals surface area contributed by atoms with Gasteiger partial charge in [0.05, 0.1) is 16.7 Å². The van der Waals surface area contributed by atoms with E-state index in [1.54, 1.807) is 0 Å². The van der Waals surface area contributed by atoms with E-state index in [9.17, 15) is 0 Å². The molecule has 346 valence electrons. The molecule has 14 aromatic rings. The molecule has 2 heteroatoms. The van der Waals surface area contributed by atoms with E-state index in [4.69, 9.17) is 0 Å². The first-order valence-corrected chi connectivity index (χ1v) is 25.5. The maximum Gasteiger partial charge on any atom is 0.0541 e. The van der Waals surface area contributed by atoms with Crippen molar-refractivity contribution >= 4 is 71.2 Å². The van der Waals surface area contributed by atoms with Crippen LogP contribution in [0.2, 0.25) is 0 Å². The van der Waals surface area contributed by atoms with Gasteiger partial charge in [0.2, 0.25) is 0 Å². The molecule has 1 heterocycles. The molecular weight excluding hydrogens is 893 g/mol. The zero-order chi connectivity index (χ0) is 49.0. The third kappa shape index (κ3) is 7.52. The Bertz CT molecular complexity index is 4340. The number of rotatable bonds is 9. The molecule has 14 rings (SSSR count). The Hall–Kier alpha value is -9.76. The zero-order valence-electron chi connectivity index (χ0n) is 40.6. The maximum absolute atomic E-state index is 2.44. The molecule has 2 nitrogen and oxygen atoms in total. The topological polar surface area (TPSA) is 8.17 Å². The van der Waals surface area contributed by atoms with Gasteiger partial charge < -0.3 is 9.47 Å². The summed E-state index contributed by atoms with van der Waals surface area (Å²) < 4.78 is 2.38. The monoisotopic (exact) mass is 940 g/mol. The number of anilines is 3. The first-order valence-electron chi connectivity index (χ1n) is 25.5. The minimum absolute atomic E-state index is 1.08. The molecule has 0 spiro atoms. The summed E-state index contributed by atoms with van der Waals surface area (Å²) in [6.45, 7) is 0. The minimum Gasteiger partial charge on any atom is -0.310 e. The van der Waals surface area contributed by atoms with Gasteiger partial charge in [0.15, 0.2) is 0 Å². The van der Waals surface area contributed by atoms with E-state index >= 15 is 0 Å². The van der Waals surface area contributed by atoms with Crippen LogP contribution in [0.5, 0.6) is 0 Å². The normalized spacial score (nSPS) is 11.5. The van der Waals surface area contributed by atoms with Gasteiger partial charge in [0.1, 0.15) is 0 Å². The summed E-state index contributed by atoms with van der Waals surface area (Å²) in [5, 5.41) is 9.89. The molecule has 0 saturated carbocycles. The predicted molar refractivity (Wildman–Crippen MR) is 315 cm³/mol. The van der Waals surface area contributed by atoms with Gasteiger partial charge in [-0.2, -0.15) is 0 Å². The number of fused-ring (bicyclic) bond motifs is 7. The summed E-state index contributed by atoms with van der Waals surface area (Å²) >= 11 is 0. The van der Waals surface area contributed by atoms with Crippen molar-refractivity contribution in [3.05, 3.63) is 291 Å². The Balaban J connectivity index is 0.869. The van der Waals surface area contributed by atoms with Crippen LogP contribution in [0, 0.1) is 0 Å². The molecule has 1 aromatic heterocycles. The van der Waals surface area contributed by atoms with Crippen LogP contribution < -0.4 is 4.90 Å². The van der Waals surface area contributed by atoms with Crippen molar-refractivity contribution in [2.45, 2.75) is 0 Å². The second-order valence-corrected chi connectivity index (χ2v) is 19.2. The molecule has 13 aromatic carbocycles. The lowest BCUT2D eigenvalue weighted by molar-refractivity contribution is 1.18. The number of hydrogen-bond acceptors (Lipinski definition) is 1. The largest absolute Gasteiger partial charge is 0.310 e. The first-order chi connectivity index (χ1) is 36.7. The van der Waals surface area contributed by atoms with Crippen LogP contribution in [0.25, 0.3) is 115 Å². The molecule has 0 N–H and O–H groups in total. The number of para-hydroxylation sites is 2. The van der Waals surface area contributed by atoms with Gasteiger partial charge in [-0.05, 0) is 149 Å². The van der Waals surface area contributed by atoms with Crippen LogP contribution in [0.15, 0.2) is 291 Å². The second-order valence-electron chi connectivity index (χ2n) is 19.2. The van der Waals surface area contributed by atoms with E-state index in [2.05, 4.69) is 301 Å². The zero-order valence-corrected chi connectivity index (χ0v) is 40.6. The van der Waals surface area contributed by atoms with Gasteiger partial charge >= 0.3 is 0 Å². The SMILES string of the molecule is c1ccc(-c2ccc3c(ccc4c(N(c5ccc(-c6cccc7cccc(-c8ccccc8)c67)cc5)c5cccc(-c6cccc(-c7ccc(-n8c9ccccc9c9ccccc98)cc7)c6)c5)cccc43)c2)cc1. The highest BCUT2D eigenvalue weighted by Gasteiger charge is 2.19. The minimum atomic E-state index is 1.08. The molecule has 74 heavy (non-hydrogen) atoms. The second kappa shape index (κ2) is 18.1. The lowest BCUT2D eigenvalue weighted by Crippen LogP contribution is -2.10. The van der Waals surface area contributed by atoms with Crippen molar-refractivity contribution in [3.63, 3.8) is 0 Å².